The number of anilines is 1. The van der Waals surface area contributed by atoms with Crippen molar-refractivity contribution in [2.45, 2.75) is 38.5 Å². The number of amides is 2. The van der Waals surface area contributed by atoms with Crippen molar-refractivity contribution >= 4 is 17.5 Å². The second kappa shape index (κ2) is 7.65. The van der Waals surface area contributed by atoms with Crippen LogP contribution in [0.1, 0.15) is 37.7 Å². The predicted octanol–water partition coefficient (Wildman–Crippen LogP) is 3.07. The molecule has 4 heteroatoms. The molecule has 2 aliphatic rings. The van der Waals surface area contributed by atoms with Crippen LogP contribution in [0.4, 0.5) is 5.69 Å². The van der Waals surface area contributed by atoms with Gasteiger partial charge in [-0.2, -0.15) is 0 Å². The number of rotatable bonds is 4. The minimum Gasteiger partial charge on any atom is -0.352 e. The third kappa shape index (κ3) is 3.53. The van der Waals surface area contributed by atoms with Crippen molar-refractivity contribution in [3.63, 3.8) is 0 Å². The summed E-state index contributed by atoms with van der Waals surface area (Å²) >= 11 is 0. The number of para-hydroxylation sites is 1. The summed E-state index contributed by atoms with van der Waals surface area (Å²) in [6.07, 6.45) is 7.00. The highest BCUT2D eigenvalue weighted by molar-refractivity contribution is 5.96. The average Bonchev–Trinajstić information content (AvgIpc) is 2.65. The number of nitrogens with zero attached hydrogens (tertiary/aromatic N) is 1. The van der Waals surface area contributed by atoms with Crippen molar-refractivity contribution in [3.8, 4) is 0 Å². The van der Waals surface area contributed by atoms with E-state index in [4.69, 9.17) is 0 Å². The van der Waals surface area contributed by atoms with Gasteiger partial charge in [-0.15, -0.1) is 6.58 Å². The Balaban J connectivity index is 1.60. The number of hydrogen-bond donors (Lipinski definition) is 1. The van der Waals surface area contributed by atoms with Crippen LogP contribution in [0.3, 0.4) is 0 Å². The lowest BCUT2D eigenvalue weighted by molar-refractivity contribution is -0.129. The molecule has 1 aliphatic carbocycles. The molecule has 1 fully saturated rings. The Morgan fingerprint density at radius 3 is 2.62 bits per heavy atom. The Hall–Kier alpha value is -2.10. The van der Waals surface area contributed by atoms with Gasteiger partial charge < -0.3 is 10.2 Å². The number of hydrogen-bond acceptors (Lipinski definition) is 2. The fourth-order valence-corrected chi connectivity index (χ4v) is 3.90. The molecule has 128 valence electrons. The van der Waals surface area contributed by atoms with Crippen LogP contribution in [0, 0.1) is 11.8 Å². The normalized spacial score (nSPS) is 23.2. The van der Waals surface area contributed by atoms with E-state index in [0.717, 1.165) is 50.8 Å². The topological polar surface area (TPSA) is 49.4 Å². The Morgan fingerprint density at radius 1 is 1.17 bits per heavy atom. The maximum Gasteiger partial charge on any atom is 0.230 e. The molecule has 0 aromatic heterocycles. The first-order valence-electron chi connectivity index (χ1n) is 8.98. The van der Waals surface area contributed by atoms with Crippen LogP contribution in [-0.2, 0) is 16.0 Å². The van der Waals surface area contributed by atoms with Gasteiger partial charge in [-0.1, -0.05) is 24.3 Å². The summed E-state index contributed by atoms with van der Waals surface area (Å²) in [6, 6.07) is 8.22. The van der Waals surface area contributed by atoms with Crippen LogP contribution in [0.25, 0.3) is 0 Å². The average molecular weight is 326 g/mol. The molecule has 1 heterocycles. The standard InChI is InChI=1S/C20H26N2O2/c1-2-13-21-19(23)16-9-11-17(12-10-16)20(24)22-14-5-7-15-6-3-4-8-18(15)22/h2-4,6,8,16-17H,1,5,7,9-14H2,(H,21,23). The largest absolute Gasteiger partial charge is 0.352 e. The van der Waals surface area contributed by atoms with Gasteiger partial charge in [0.15, 0.2) is 0 Å². The minimum absolute atomic E-state index is 0.0441. The molecule has 0 unspecified atom stereocenters. The summed E-state index contributed by atoms with van der Waals surface area (Å²) in [6.45, 7) is 4.95. The zero-order valence-corrected chi connectivity index (χ0v) is 14.2. The van der Waals surface area contributed by atoms with E-state index in [2.05, 4.69) is 24.0 Å². The van der Waals surface area contributed by atoms with Gasteiger partial charge in [-0.25, -0.2) is 0 Å². The van der Waals surface area contributed by atoms with Crippen molar-refractivity contribution < 1.29 is 9.59 Å². The van der Waals surface area contributed by atoms with E-state index in [-0.39, 0.29) is 23.7 Å². The van der Waals surface area contributed by atoms with Crippen LogP contribution in [0.5, 0.6) is 0 Å². The second-order valence-electron chi connectivity index (χ2n) is 6.80. The molecular formula is C20H26N2O2. The van der Waals surface area contributed by atoms with Crippen molar-refractivity contribution in [1.29, 1.82) is 0 Å². The van der Waals surface area contributed by atoms with E-state index >= 15 is 0 Å². The maximum atomic E-state index is 13.0. The molecule has 3 rings (SSSR count). The number of benzene rings is 1. The van der Waals surface area contributed by atoms with Gasteiger partial charge >= 0.3 is 0 Å². The quantitative estimate of drug-likeness (QED) is 0.865. The maximum absolute atomic E-state index is 13.0. The number of nitrogens with one attached hydrogen (secondary N) is 1. The lowest BCUT2D eigenvalue weighted by Gasteiger charge is -2.34. The van der Waals surface area contributed by atoms with Gasteiger partial charge in [0, 0.05) is 30.6 Å². The molecule has 24 heavy (non-hydrogen) atoms. The first kappa shape index (κ1) is 16.7. The first-order chi connectivity index (χ1) is 11.7. The summed E-state index contributed by atoms with van der Waals surface area (Å²) in [4.78, 5) is 27.0. The summed E-state index contributed by atoms with van der Waals surface area (Å²) in [5.74, 6) is 0.443. The fourth-order valence-electron chi connectivity index (χ4n) is 3.90. The number of carbonyl (C=O) groups excluding carboxylic acids is 2. The van der Waals surface area contributed by atoms with E-state index < -0.39 is 0 Å². The molecule has 0 atom stereocenters. The van der Waals surface area contributed by atoms with Crippen molar-refractivity contribution in [1.82, 2.24) is 5.32 Å². The number of fused-ring (bicyclic) bond motifs is 1. The fraction of sp³-hybridized carbons (Fsp3) is 0.500. The van der Waals surface area contributed by atoms with Crippen molar-refractivity contribution in [2.75, 3.05) is 18.0 Å². The highest BCUT2D eigenvalue weighted by atomic mass is 16.2. The van der Waals surface area contributed by atoms with Gasteiger partial charge in [-0.05, 0) is 50.2 Å². The van der Waals surface area contributed by atoms with Gasteiger partial charge in [0.25, 0.3) is 0 Å². The van der Waals surface area contributed by atoms with E-state index in [9.17, 15) is 9.59 Å². The third-order valence-electron chi connectivity index (χ3n) is 5.24. The molecule has 1 saturated carbocycles. The van der Waals surface area contributed by atoms with E-state index in [0.29, 0.717) is 6.54 Å². The molecule has 0 bridgehead atoms. The zero-order chi connectivity index (χ0) is 16.9. The zero-order valence-electron chi connectivity index (χ0n) is 14.2. The highest BCUT2D eigenvalue weighted by Gasteiger charge is 2.33. The van der Waals surface area contributed by atoms with Gasteiger partial charge in [0.05, 0.1) is 0 Å². The molecule has 1 aromatic carbocycles. The summed E-state index contributed by atoms with van der Waals surface area (Å²) < 4.78 is 0. The Bertz CT molecular complexity index is 618. The SMILES string of the molecule is C=CCNC(=O)C1CCC(C(=O)N2CCCc3ccccc32)CC1. The van der Waals surface area contributed by atoms with Crippen LogP contribution >= 0.6 is 0 Å². The molecule has 4 nitrogen and oxygen atoms in total. The van der Waals surface area contributed by atoms with Gasteiger partial charge in [0.2, 0.25) is 11.8 Å². The van der Waals surface area contributed by atoms with Gasteiger partial charge in [0.1, 0.15) is 0 Å². The van der Waals surface area contributed by atoms with E-state index in [1.165, 1.54) is 5.56 Å². The van der Waals surface area contributed by atoms with Crippen molar-refractivity contribution in [3.05, 3.63) is 42.5 Å². The van der Waals surface area contributed by atoms with Crippen molar-refractivity contribution in [2.24, 2.45) is 11.8 Å². The highest BCUT2D eigenvalue weighted by Crippen LogP contribution is 2.34. The van der Waals surface area contributed by atoms with Crippen LogP contribution < -0.4 is 10.2 Å². The molecule has 2 amide bonds. The number of aryl methyl sites for hydroxylation is 1. The lowest BCUT2D eigenvalue weighted by Crippen LogP contribution is -2.42. The van der Waals surface area contributed by atoms with Crippen LogP contribution in [-0.4, -0.2) is 24.9 Å². The molecule has 0 spiro atoms. The summed E-state index contributed by atoms with van der Waals surface area (Å²) in [5, 5.41) is 2.87. The Morgan fingerprint density at radius 2 is 1.88 bits per heavy atom. The monoisotopic (exact) mass is 326 g/mol. The Kier molecular flexibility index (Phi) is 5.34. The molecule has 1 N–H and O–H groups in total. The smallest absolute Gasteiger partial charge is 0.230 e. The van der Waals surface area contributed by atoms with E-state index in [1.807, 2.05) is 17.0 Å². The van der Waals surface area contributed by atoms with Gasteiger partial charge in [-0.3, -0.25) is 9.59 Å². The number of carbonyl (C=O) groups is 2. The summed E-state index contributed by atoms with van der Waals surface area (Å²) in [7, 11) is 0. The second-order valence-corrected chi connectivity index (χ2v) is 6.80. The predicted molar refractivity (Wildman–Crippen MR) is 95.8 cm³/mol. The Labute approximate surface area is 143 Å². The van der Waals surface area contributed by atoms with Crippen LogP contribution in [0.2, 0.25) is 0 Å². The summed E-state index contributed by atoms with van der Waals surface area (Å²) in [5.41, 5.74) is 2.36. The molecule has 1 aliphatic heterocycles. The molecule has 0 saturated heterocycles. The van der Waals surface area contributed by atoms with Crippen LogP contribution in [0.15, 0.2) is 36.9 Å². The molecular weight excluding hydrogens is 300 g/mol. The third-order valence-corrected chi connectivity index (χ3v) is 5.24. The molecule has 0 radical (unpaired) electrons. The van der Waals surface area contributed by atoms with E-state index in [1.54, 1.807) is 6.08 Å². The molecule has 1 aromatic rings. The minimum atomic E-state index is 0.0441. The lowest BCUT2D eigenvalue weighted by atomic mass is 9.80. The first-order valence-corrected chi connectivity index (χ1v) is 8.98.